The minimum atomic E-state index is -0.779. The molecule has 4 nitrogen and oxygen atoms in total. The maximum absolute atomic E-state index is 11.7. The van der Waals surface area contributed by atoms with Crippen molar-refractivity contribution in [3.8, 4) is 0 Å². The van der Waals surface area contributed by atoms with Gasteiger partial charge in [0.1, 0.15) is 5.82 Å². The molecular weight excluding hydrogens is 210 g/mol. The molecule has 0 radical (unpaired) electrons. The number of imidazole rings is 1. The first-order valence-electron chi connectivity index (χ1n) is 5.07. The van der Waals surface area contributed by atoms with Crippen molar-refractivity contribution in [2.45, 2.75) is 32.1 Å². The third-order valence-corrected chi connectivity index (χ3v) is 3.94. The molecule has 2 N–H and O–H groups in total. The quantitative estimate of drug-likeness (QED) is 0.742. The van der Waals surface area contributed by atoms with E-state index in [2.05, 4.69) is 15.3 Å². The Morgan fingerprint density at radius 1 is 1.53 bits per heavy atom. The maximum atomic E-state index is 11.7. The SMILES string of the molecule is CC(C)(C)S(=O)CCNCc1ncc[nH]1. The van der Waals surface area contributed by atoms with Crippen LogP contribution in [0.3, 0.4) is 0 Å². The molecule has 1 heterocycles. The van der Waals surface area contributed by atoms with Gasteiger partial charge in [0.05, 0.1) is 6.54 Å². The van der Waals surface area contributed by atoms with Crippen molar-refractivity contribution >= 4 is 10.8 Å². The van der Waals surface area contributed by atoms with Gasteiger partial charge in [-0.15, -0.1) is 0 Å². The molecule has 0 saturated carbocycles. The summed E-state index contributed by atoms with van der Waals surface area (Å²) < 4.78 is 11.6. The van der Waals surface area contributed by atoms with E-state index in [0.717, 1.165) is 12.4 Å². The van der Waals surface area contributed by atoms with Crippen LogP contribution in [-0.2, 0) is 17.3 Å². The second kappa shape index (κ2) is 5.42. The summed E-state index contributed by atoms with van der Waals surface area (Å²) >= 11 is 0. The first-order valence-corrected chi connectivity index (χ1v) is 6.39. The molecule has 0 aliphatic carbocycles. The highest BCUT2D eigenvalue weighted by molar-refractivity contribution is 7.86. The maximum Gasteiger partial charge on any atom is 0.120 e. The van der Waals surface area contributed by atoms with Crippen LogP contribution in [0.5, 0.6) is 0 Å². The minimum Gasteiger partial charge on any atom is -0.348 e. The molecule has 0 bridgehead atoms. The van der Waals surface area contributed by atoms with Gasteiger partial charge in [-0.2, -0.15) is 0 Å². The van der Waals surface area contributed by atoms with Crippen molar-refractivity contribution in [2.75, 3.05) is 12.3 Å². The zero-order chi connectivity index (χ0) is 11.3. The average Bonchev–Trinajstić information content (AvgIpc) is 2.63. The largest absolute Gasteiger partial charge is 0.348 e. The van der Waals surface area contributed by atoms with Crippen LogP contribution in [0.25, 0.3) is 0 Å². The standard InChI is InChI=1S/C10H19N3OS/c1-10(2,3)15(14)7-6-11-8-9-12-4-5-13-9/h4-5,11H,6-8H2,1-3H3,(H,12,13). The van der Waals surface area contributed by atoms with Crippen LogP contribution < -0.4 is 5.32 Å². The predicted molar refractivity (Wildman–Crippen MR) is 63.1 cm³/mol. The number of aromatic nitrogens is 2. The summed E-state index contributed by atoms with van der Waals surface area (Å²) in [5, 5.41) is 3.20. The summed E-state index contributed by atoms with van der Waals surface area (Å²) in [4.78, 5) is 7.09. The Kier molecular flexibility index (Phi) is 4.47. The van der Waals surface area contributed by atoms with Crippen molar-refractivity contribution in [3.05, 3.63) is 18.2 Å². The van der Waals surface area contributed by atoms with E-state index in [1.807, 2.05) is 20.8 Å². The van der Waals surface area contributed by atoms with Crippen LogP contribution in [0.2, 0.25) is 0 Å². The lowest BCUT2D eigenvalue weighted by Gasteiger charge is -2.17. The summed E-state index contributed by atoms with van der Waals surface area (Å²) in [6.07, 6.45) is 3.52. The smallest absolute Gasteiger partial charge is 0.120 e. The number of hydrogen-bond donors (Lipinski definition) is 2. The average molecular weight is 229 g/mol. The highest BCUT2D eigenvalue weighted by Crippen LogP contribution is 2.10. The molecule has 0 aromatic carbocycles. The van der Waals surface area contributed by atoms with E-state index < -0.39 is 10.8 Å². The fourth-order valence-electron chi connectivity index (χ4n) is 1.07. The lowest BCUT2D eigenvalue weighted by atomic mass is 10.3. The van der Waals surface area contributed by atoms with Gasteiger partial charge in [-0.3, -0.25) is 4.21 Å². The zero-order valence-electron chi connectivity index (χ0n) is 9.54. The molecule has 1 rings (SSSR count). The van der Waals surface area contributed by atoms with Crippen molar-refractivity contribution in [1.29, 1.82) is 0 Å². The van der Waals surface area contributed by atoms with Crippen molar-refractivity contribution in [3.63, 3.8) is 0 Å². The van der Waals surface area contributed by atoms with Gasteiger partial charge in [0.25, 0.3) is 0 Å². The van der Waals surface area contributed by atoms with E-state index in [1.54, 1.807) is 12.4 Å². The van der Waals surface area contributed by atoms with E-state index in [4.69, 9.17) is 0 Å². The first kappa shape index (κ1) is 12.4. The third kappa shape index (κ3) is 4.57. The monoisotopic (exact) mass is 229 g/mol. The van der Waals surface area contributed by atoms with Gasteiger partial charge in [0, 0.05) is 40.2 Å². The molecule has 1 aromatic rings. The van der Waals surface area contributed by atoms with Crippen LogP contribution in [0, 0.1) is 0 Å². The van der Waals surface area contributed by atoms with Crippen LogP contribution in [0.4, 0.5) is 0 Å². The molecule has 5 heteroatoms. The zero-order valence-corrected chi connectivity index (χ0v) is 10.4. The van der Waals surface area contributed by atoms with Crippen molar-refractivity contribution < 1.29 is 4.21 Å². The minimum absolute atomic E-state index is 0.119. The van der Waals surface area contributed by atoms with Crippen molar-refractivity contribution in [2.24, 2.45) is 0 Å². The molecule has 0 fully saturated rings. The summed E-state index contributed by atoms with van der Waals surface area (Å²) in [5.74, 6) is 1.60. The van der Waals surface area contributed by atoms with E-state index in [1.165, 1.54) is 0 Å². The Bertz CT molecular complexity index is 303. The number of aromatic amines is 1. The Morgan fingerprint density at radius 2 is 2.27 bits per heavy atom. The highest BCUT2D eigenvalue weighted by Gasteiger charge is 2.18. The Balaban J connectivity index is 2.15. The number of nitrogens with zero attached hydrogens (tertiary/aromatic N) is 1. The molecule has 0 spiro atoms. The summed E-state index contributed by atoms with van der Waals surface area (Å²) in [7, 11) is -0.779. The Hall–Kier alpha value is -0.680. The molecule has 0 aliphatic heterocycles. The Morgan fingerprint density at radius 3 is 2.80 bits per heavy atom. The number of rotatable bonds is 5. The van der Waals surface area contributed by atoms with Crippen LogP contribution in [0.1, 0.15) is 26.6 Å². The highest BCUT2D eigenvalue weighted by atomic mass is 32.2. The second-order valence-electron chi connectivity index (χ2n) is 4.37. The number of hydrogen-bond acceptors (Lipinski definition) is 3. The van der Waals surface area contributed by atoms with Gasteiger partial charge in [-0.1, -0.05) is 0 Å². The summed E-state index contributed by atoms with van der Waals surface area (Å²) in [6, 6.07) is 0. The van der Waals surface area contributed by atoms with Gasteiger partial charge in [0.15, 0.2) is 0 Å². The number of nitrogens with one attached hydrogen (secondary N) is 2. The summed E-state index contributed by atoms with van der Waals surface area (Å²) in [5.41, 5.74) is 0. The molecular formula is C10H19N3OS. The fourth-order valence-corrected chi connectivity index (χ4v) is 2.01. The van der Waals surface area contributed by atoms with E-state index >= 15 is 0 Å². The van der Waals surface area contributed by atoms with E-state index in [0.29, 0.717) is 12.3 Å². The van der Waals surface area contributed by atoms with Crippen LogP contribution >= 0.6 is 0 Å². The van der Waals surface area contributed by atoms with Crippen LogP contribution in [-0.4, -0.2) is 31.2 Å². The topological polar surface area (TPSA) is 57.8 Å². The summed E-state index contributed by atoms with van der Waals surface area (Å²) in [6.45, 7) is 7.44. The first-order chi connectivity index (χ1) is 7.00. The van der Waals surface area contributed by atoms with Gasteiger partial charge in [-0.05, 0) is 20.8 Å². The number of H-pyrrole nitrogens is 1. The lowest BCUT2D eigenvalue weighted by Crippen LogP contribution is -2.29. The van der Waals surface area contributed by atoms with E-state index in [9.17, 15) is 4.21 Å². The molecule has 1 aromatic heterocycles. The third-order valence-electron chi connectivity index (χ3n) is 1.99. The molecule has 15 heavy (non-hydrogen) atoms. The molecule has 1 unspecified atom stereocenters. The normalized spacial score (nSPS) is 14.1. The molecule has 0 aliphatic rings. The van der Waals surface area contributed by atoms with Gasteiger partial charge in [-0.25, -0.2) is 4.98 Å². The van der Waals surface area contributed by atoms with Crippen molar-refractivity contribution in [1.82, 2.24) is 15.3 Å². The van der Waals surface area contributed by atoms with E-state index in [-0.39, 0.29) is 4.75 Å². The van der Waals surface area contributed by atoms with Gasteiger partial charge >= 0.3 is 0 Å². The predicted octanol–water partition coefficient (Wildman–Crippen LogP) is 1.05. The van der Waals surface area contributed by atoms with Crippen LogP contribution in [0.15, 0.2) is 12.4 Å². The van der Waals surface area contributed by atoms with Gasteiger partial charge in [0.2, 0.25) is 0 Å². The Labute approximate surface area is 93.3 Å². The second-order valence-corrected chi connectivity index (χ2v) is 6.70. The molecule has 0 amide bonds. The fraction of sp³-hybridized carbons (Fsp3) is 0.700. The lowest BCUT2D eigenvalue weighted by molar-refractivity contribution is 0.638. The molecule has 1 atom stereocenters. The molecule has 0 saturated heterocycles. The molecule has 86 valence electrons. The van der Waals surface area contributed by atoms with Gasteiger partial charge < -0.3 is 10.3 Å².